The van der Waals surface area contributed by atoms with Crippen molar-refractivity contribution in [1.82, 2.24) is 9.21 Å². The second kappa shape index (κ2) is 8.47. The van der Waals surface area contributed by atoms with Gasteiger partial charge in [0.25, 0.3) is 0 Å². The van der Waals surface area contributed by atoms with E-state index in [1.54, 1.807) is 23.9 Å². The summed E-state index contributed by atoms with van der Waals surface area (Å²) in [4.78, 5) is 3.36. The largest absolute Gasteiger partial charge is 0.300 e. The Kier molecular flexibility index (Phi) is 6.29. The molecule has 0 aliphatic carbocycles. The van der Waals surface area contributed by atoms with Crippen molar-refractivity contribution >= 4 is 21.8 Å². The Morgan fingerprint density at radius 2 is 1.38 bits per heavy atom. The van der Waals surface area contributed by atoms with Crippen LogP contribution in [0.5, 0.6) is 0 Å². The van der Waals surface area contributed by atoms with Gasteiger partial charge in [-0.15, -0.1) is 11.8 Å². The molecule has 8 heteroatoms. The highest BCUT2D eigenvalue weighted by Gasteiger charge is 2.28. The number of rotatable bonds is 6. The fourth-order valence-electron chi connectivity index (χ4n) is 2.77. The van der Waals surface area contributed by atoms with E-state index in [1.165, 1.54) is 28.6 Å². The monoisotopic (exact) mass is 398 g/mol. The number of piperazine rings is 1. The molecule has 0 amide bonds. The Hall–Kier alpha value is -1.48. The number of hydrogen-bond acceptors (Lipinski definition) is 4. The van der Waals surface area contributed by atoms with Crippen LogP contribution in [0, 0.1) is 11.6 Å². The summed E-state index contributed by atoms with van der Waals surface area (Å²) in [5.74, 6) is 0.163. The van der Waals surface area contributed by atoms with E-state index in [1.807, 2.05) is 0 Å². The lowest BCUT2D eigenvalue weighted by molar-refractivity contribution is 0.197. The minimum atomic E-state index is -3.57. The first-order valence-electron chi connectivity index (χ1n) is 8.31. The van der Waals surface area contributed by atoms with Gasteiger partial charge in [0.1, 0.15) is 11.6 Å². The third kappa shape index (κ3) is 4.82. The highest BCUT2D eigenvalue weighted by Crippen LogP contribution is 2.20. The van der Waals surface area contributed by atoms with Crippen LogP contribution in [0.15, 0.2) is 58.3 Å². The lowest BCUT2D eigenvalue weighted by Crippen LogP contribution is -2.49. The molecule has 0 N–H and O–H groups in total. The van der Waals surface area contributed by atoms with Gasteiger partial charge in [-0.3, -0.25) is 4.90 Å². The fourth-order valence-corrected chi connectivity index (χ4v) is 5.11. The van der Waals surface area contributed by atoms with E-state index in [-0.39, 0.29) is 10.7 Å². The number of sulfonamides is 1. The van der Waals surface area contributed by atoms with Crippen LogP contribution in [-0.2, 0) is 10.0 Å². The Morgan fingerprint density at radius 1 is 0.846 bits per heavy atom. The van der Waals surface area contributed by atoms with Crippen molar-refractivity contribution in [2.24, 2.45) is 0 Å². The van der Waals surface area contributed by atoms with E-state index < -0.39 is 15.8 Å². The smallest absolute Gasteiger partial charge is 0.243 e. The zero-order chi connectivity index (χ0) is 18.6. The Balaban J connectivity index is 1.47. The predicted octanol–water partition coefficient (Wildman–Crippen LogP) is 3.06. The summed E-state index contributed by atoms with van der Waals surface area (Å²) in [5, 5.41) is 0. The third-order valence-electron chi connectivity index (χ3n) is 4.27. The van der Waals surface area contributed by atoms with Gasteiger partial charge >= 0.3 is 0 Å². The molecule has 0 bridgehead atoms. The average Bonchev–Trinajstić information content (AvgIpc) is 2.64. The number of thioether (sulfide) groups is 1. The molecule has 2 aromatic carbocycles. The first-order chi connectivity index (χ1) is 12.4. The van der Waals surface area contributed by atoms with Gasteiger partial charge in [0.15, 0.2) is 0 Å². The van der Waals surface area contributed by atoms with Crippen LogP contribution in [0.25, 0.3) is 0 Å². The topological polar surface area (TPSA) is 40.6 Å². The SMILES string of the molecule is O=S(=O)(c1ccc(F)cc1)N1CCN(CCSc2ccc(F)cc2)CC1. The molecule has 0 spiro atoms. The molecule has 1 aliphatic rings. The summed E-state index contributed by atoms with van der Waals surface area (Å²) < 4.78 is 52.5. The first-order valence-corrected chi connectivity index (χ1v) is 10.7. The van der Waals surface area contributed by atoms with E-state index in [9.17, 15) is 17.2 Å². The third-order valence-corrected chi connectivity index (χ3v) is 7.18. The van der Waals surface area contributed by atoms with Crippen molar-refractivity contribution in [1.29, 1.82) is 0 Å². The quantitative estimate of drug-likeness (QED) is 0.702. The molecule has 0 unspecified atom stereocenters. The van der Waals surface area contributed by atoms with Gasteiger partial charge in [0.05, 0.1) is 4.90 Å². The minimum Gasteiger partial charge on any atom is -0.300 e. The van der Waals surface area contributed by atoms with Crippen molar-refractivity contribution in [3.8, 4) is 0 Å². The zero-order valence-electron chi connectivity index (χ0n) is 14.1. The Morgan fingerprint density at radius 3 is 1.96 bits per heavy atom. The summed E-state index contributed by atoms with van der Waals surface area (Å²) in [6.07, 6.45) is 0. The van der Waals surface area contributed by atoms with Crippen molar-refractivity contribution in [3.63, 3.8) is 0 Å². The van der Waals surface area contributed by atoms with Gasteiger partial charge in [-0.1, -0.05) is 0 Å². The zero-order valence-corrected chi connectivity index (χ0v) is 15.8. The molecule has 4 nitrogen and oxygen atoms in total. The molecule has 1 saturated heterocycles. The number of benzene rings is 2. The predicted molar refractivity (Wildman–Crippen MR) is 98.7 cm³/mol. The summed E-state index contributed by atoms with van der Waals surface area (Å²) in [7, 11) is -3.57. The highest BCUT2D eigenvalue weighted by atomic mass is 32.2. The van der Waals surface area contributed by atoms with Gasteiger partial charge in [-0.05, 0) is 48.5 Å². The van der Waals surface area contributed by atoms with Crippen LogP contribution >= 0.6 is 11.8 Å². The number of nitrogens with zero attached hydrogens (tertiary/aromatic N) is 2. The van der Waals surface area contributed by atoms with E-state index in [2.05, 4.69) is 4.90 Å². The van der Waals surface area contributed by atoms with Crippen molar-refractivity contribution in [2.75, 3.05) is 38.5 Å². The molecular formula is C18H20F2N2O2S2. The van der Waals surface area contributed by atoms with Crippen molar-refractivity contribution in [3.05, 3.63) is 60.2 Å². The standard InChI is InChI=1S/C18H20F2N2O2S2/c19-15-1-5-17(6-2-15)25-14-13-21-9-11-22(12-10-21)26(23,24)18-7-3-16(20)4-8-18/h1-8H,9-14H2. The molecule has 26 heavy (non-hydrogen) atoms. The molecule has 2 aromatic rings. The van der Waals surface area contributed by atoms with Crippen LogP contribution in [0.1, 0.15) is 0 Å². The maximum Gasteiger partial charge on any atom is 0.243 e. The summed E-state index contributed by atoms with van der Waals surface area (Å²) in [6.45, 7) is 2.99. The van der Waals surface area contributed by atoms with E-state index >= 15 is 0 Å². The van der Waals surface area contributed by atoms with Crippen LogP contribution in [-0.4, -0.2) is 56.1 Å². The molecule has 1 heterocycles. The van der Waals surface area contributed by atoms with Gasteiger partial charge in [-0.25, -0.2) is 17.2 Å². The van der Waals surface area contributed by atoms with Crippen molar-refractivity contribution < 1.29 is 17.2 Å². The average molecular weight is 399 g/mol. The van der Waals surface area contributed by atoms with Crippen LogP contribution < -0.4 is 0 Å². The normalized spacial score (nSPS) is 16.7. The molecule has 1 aliphatic heterocycles. The maximum absolute atomic E-state index is 13.0. The highest BCUT2D eigenvalue weighted by molar-refractivity contribution is 7.99. The molecule has 0 aromatic heterocycles. The molecule has 3 rings (SSSR count). The van der Waals surface area contributed by atoms with E-state index in [4.69, 9.17) is 0 Å². The molecule has 0 radical (unpaired) electrons. The first kappa shape index (κ1) is 19.3. The van der Waals surface area contributed by atoms with Gasteiger partial charge < -0.3 is 0 Å². The second-order valence-electron chi connectivity index (χ2n) is 6.00. The second-order valence-corrected chi connectivity index (χ2v) is 9.11. The molecule has 140 valence electrons. The van der Waals surface area contributed by atoms with E-state index in [0.717, 1.165) is 29.3 Å². The molecule has 1 fully saturated rings. The molecule has 0 atom stereocenters. The van der Waals surface area contributed by atoms with Crippen LogP contribution in [0.4, 0.5) is 8.78 Å². The Bertz CT molecular complexity index is 819. The maximum atomic E-state index is 13.0. The molecular weight excluding hydrogens is 378 g/mol. The fraction of sp³-hybridized carbons (Fsp3) is 0.333. The van der Waals surface area contributed by atoms with Crippen LogP contribution in [0.3, 0.4) is 0 Å². The Labute approximate surface area is 156 Å². The lowest BCUT2D eigenvalue weighted by atomic mass is 10.3. The van der Waals surface area contributed by atoms with E-state index in [0.29, 0.717) is 26.2 Å². The van der Waals surface area contributed by atoms with Crippen molar-refractivity contribution in [2.45, 2.75) is 9.79 Å². The van der Waals surface area contributed by atoms with Gasteiger partial charge in [0.2, 0.25) is 10.0 Å². The summed E-state index contributed by atoms with van der Waals surface area (Å²) in [5.41, 5.74) is 0. The summed E-state index contributed by atoms with van der Waals surface area (Å²) in [6, 6.07) is 11.3. The minimum absolute atomic E-state index is 0.124. The lowest BCUT2D eigenvalue weighted by Gasteiger charge is -2.33. The van der Waals surface area contributed by atoms with Gasteiger partial charge in [-0.2, -0.15) is 4.31 Å². The summed E-state index contributed by atoms with van der Waals surface area (Å²) >= 11 is 1.65. The van der Waals surface area contributed by atoms with Crippen LogP contribution in [0.2, 0.25) is 0 Å². The molecule has 0 saturated carbocycles. The van der Waals surface area contributed by atoms with Gasteiger partial charge in [0, 0.05) is 43.4 Å². The number of halogens is 2. The number of hydrogen-bond donors (Lipinski definition) is 0.